The monoisotopic (exact) mass is 254 g/mol. The van der Waals surface area contributed by atoms with Crippen LogP contribution in [-0.2, 0) is 5.88 Å². The van der Waals surface area contributed by atoms with Crippen molar-refractivity contribution in [1.82, 2.24) is 9.88 Å². The molecule has 1 saturated heterocycles. The average Bonchev–Trinajstić information content (AvgIpc) is 2.31. The molecular weight excluding hydrogens is 236 g/mol. The molecule has 0 radical (unpaired) electrons. The molecule has 0 aliphatic carbocycles. The summed E-state index contributed by atoms with van der Waals surface area (Å²) in [7, 11) is 2.15. The van der Waals surface area contributed by atoms with Gasteiger partial charge in [-0.15, -0.1) is 11.6 Å². The summed E-state index contributed by atoms with van der Waals surface area (Å²) in [6.07, 6.45) is 2.44. The third kappa shape index (κ3) is 3.58. The lowest BCUT2D eigenvalue weighted by molar-refractivity contribution is 0.110. The van der Waals surface area contributed by atoms with Gasteiger partial charge in [-0.25, -0.2) is 4.98 Å². The quantitative estimate of drug-likeness (QED) is 0.776. The number of rotatable bonds is 3. The first-order valence-corrected chi connectivity index (χ1v) is 6.59. The Morgan fingerprint density at radius 1 is 1.41 bits per heavy atom. The van der Waals surface area contributed by atoms with E-state index in [1.165, 1.54) is 0 Å². The Morgan fingerprint density at radius 3 is 2.76 bits per heavy atom. The van der Waals surface area contributed by atoms with Gasteiger partial charge in [-0.3, -0.25) is 0 Å². The Morgan fingerprint density at radius 2 is 2.12 bits per heavy atom. The highest BCUT2D eigenvalue weighted by molar-refractivity contribution is 6.17. The Labute approximate surface area is 108 Å². The van der Waals surface area contributed by atoms with Crippen LogP contribution in [-0.4, -0.2) is 36.1 Å². The van der Waals surface area contributed by atoms with Gasteiger partial charge < -0.3 is 9.64 Å². The van der Waals surface area contributed by atoms with Gasteiger partial charge in [0, 0.05) is 30.7 Å². The Hall–Kier alpha value is -0.800. The van der Waals surface area contributed by atoms with Crippen molar-refractivity contribution >= 4 is 11.6 Å². The number of piperidine rings is 1. The number of halogens is 1. The number of aromatic nitrogens is 1. The van der Waals surface area contributed by atoms with E-state index in [1.807, 2.05) is 19.1 Å². The molecule has 0 bridgehead atoms. The number of hydrogen-bond acceptors (Lipinski definition) is 3. The topological polar surface area (TPSA) is 25.4 Å². The van der Waals surface area contributed by atoms with Crippen LogP contribution in [0.25, 0.3) is 0 Å². The van der Waals surface area contributed by atoms with Gasteiger partial charge in [0.25, 0.3) is 0 Å². The van der Waals surface area contributed by atoms with Gasteiger partial charge in [0.1, 0.15) is 6.10 Å². The minimum absolute atomic E-state index is 0.295. The third-order valence-corrected chi connectivity index (χ3v) is 3.41. The largest absolute Gasteiger partial charge is 0.474 e. The summed E-state index contributed by atoms with van der Waals surface area (Å²) in [6, 6.07) is 3.94. The van der Waals surface area contributed by atoms with Crippen molar-refractivity contribution in [3.8, 4) is 5.88 Å². The average molecular weight is 255 g/mol. The summed E-state index contributed by atoms with van der Waals surface area (Å²) in [6.45, 7) is 4.16. The Bertz CT molecular complexity index is 376. The van der Waals surface area contributed by atoms with Crippen LogP contribution in [0.5, 0.6) is 5.88 Å². The second-order valence-corrected chi connectivity index (χ2v) is 4.98. The van der Waals surface area contributed by atoms with Crippen LogP contribution in [0.15, 0.2) is 12.1 Å². The van der Waals surface area contributed by atoms with Crippen molar-refractivity contribution in [2.24, 2.45) is 0 Å². The molecule has 1 aromatic rings. The maximum Gasteiger partial charge on any atom is 0.214 e. The lowest BCUT2D eigenvalue weighted by Crippen LogP contribution is -2.35. The zero-order valence-corrected chi connectivity index (χ0v) is 11.2. The summed E-state index contributed by atoms with van der Waals surface area (Å²) in [5.41, 5.74) is 2.04. The highest BCUT2D eigenvalue weighted by Crippen LogP contribution is 2.19. The van der Waals surface area contributed by atoms with E-state index < -0.39 is 0 Å². The normalized spacial score (nSPS) is 18.3. The molecule has 1 aliphatic heterocycles. The van der Waals surface area contributed by atoms with Gasteiger partial charge >= 0.3 is 0 Å². The van der Waals surface area contributed by atoms with Gasteiger partial charge in [0.15, 0.2) is 0 Å². The number of pyridine rings is 1. The Kier molecular flexibility index (Phi) is 4.24. The van der Waals surface area contributed by atoms with Crippen molar-refractivity contribution < 1.29 is 4.74 Å². The summed E-state index contributed by atoms with van der Waals surface area (Å²) >= 11 is 5.84. The first-order valence-electron chi connectivity index (χ1n) is 6.06. The molecule has 0 aromatic carbocycles. The fraction of sp³-hybridized carbons (Fsp3) is 0.615. The van der Waals surface area contributed by atoms with Crippen LogP contribution >= 0.6 is 11.6 Å². The number of likely N-dealkylation sites (tertiary alicyclic amines) is 1. The maximum atomic E-state index is 5.93. The molecule has 0 spiro atoms. The van der Waals surface area contributed by atoms with Crippen molar-refractivity contribution in [2.45, 2.75) is 31.7 Å². The first-order chi connectivity index (χ1) is 8.17. The molecule has 1 aromatic heterocycles. The minimum atomic E-state index is 0.295. The molecule has 2 rings (SSSR count). The molecule has 1 aliphatic rings. The molecular formula is C13H19ClN2O. The first kappa shape index (κ1) is 12.7. The smallest absolute Gasteiger partial charge is 0.214 e. The molecule has 94 valence electrons. The summed E-state index contributed by atoms with van der Waals surface area (Å²) in [5, 5.41) is 0. The van der Waals surface area contributed by atoms with Gasteiger partial charge in [0.05, 0.1) is 0 Å². The summed E-state index contributed by atoms with van der Waals surface area (Å²) < 4.78 is 5.93. The number of alkyl halides is 1. The molecule has 2 heterocycles. The van der Waals surface area contributed by atoms with Crippen LogP contribution in [0.4, 0.5) is 0 Å². The third-order valence-electron chi connectivity index (χ3n) is 3.10. The molecule has 17 heavy (non-hydrogen) atoms. The van der Waals surface area contributed by atoms with Crippen molar-refractivity contribution in [1.29, 1.82) is 0 Å². The highest BCUT2D eigenvalue weighted by atomic mass is 35.5. The number of aryl methyl sites for hydroxylation is 1. The van der Waals surface area contributed by atoms with E-state index in [0.29, 0.717) is 12.0 Å². The molecule has 1 fully saturated rings. The molecule has 0 saturated carbocycles. The fourth-order valence-corrected chi connectivity index (χ4v) is 2.27. The van der Waals surface area contributed by atoms with E-state index in [2.05, 4.69) is 16.9 Å². The molecule has 0 unspecified atom stereocenters. The summed E-state index contributed by atoms with van der Waals surface area (Å²) in [4.78, 5) is 6.73. The molecule has 0 atom stereocenters. The van der Waals surface area contributed by atoms with Crippen LogP contribution in [0, 0.1) is 6.92 Å². The number of hydrogen-bond donors (Lipinski definition) is 0. The van der Waals surface area contributed by atoms with Gasteiger partial charge in [-0.05, 0) is 38.4 Å². The highest BCUT2D eigenvalue weighted by Gasteiger charge is 2.18. The second kappa shape index (κ2) is 5.69. The molecule has 0 N–H and O–H groups in total. The number of ether oxygens (including phenoxy) is 1. The van der Waals surface area contributed by atoms with Crippen molar-refractivity contribution in [2.75, 3.05) is 20.1 Å². The standard InChI is InChI=1S/C13H19ClN2O/c1-10-7-11(9-14)8-13(15-10)17-12-3-5-16(2)6-4-12/h7-8,12H,3-6,9H2,1-2H3. The summed E-state index contributed by atoms with van der Waals surface area (Å²) in [5.74, 6) is 1.22. The molecule has 0 amide bonds. The second-order valence-electron chi connectivity index (χ2n) is 4.71. The van der Waals surface area contributed by atoms with E-state index in [4.69, 9.17) is 16.3 Å². The van der Waals surface area contributed by atoms with Crippen LogP contribution in [0.2, 0.25) is 0 Å². The van der Waals surface area contributed by atoms with Crippen molar-refractivity contribution in [3.63, 3.8) is 0 Å². The zero-order valence-electron chi connectivity index (χ0n) is 10.4. The predicted molar refractivity (Wildman–Crippen MR) is 69.7 cm³/mol. The van der Waals surface area contributed by atoms with E-state index in [-0.39, 0.29) is 0 Å². The number of nitrogens with zero attached hydrogens (tertiary/aromatic N) is 2. The van der Waals surface area contributed by atoms with E-state index >= 15 is 0 Å². The lowest BCUT2D eigenvalue weighted by Gasteiger charge is -2.29. The van der Waals surface area contributed by atoms with Crippen LogP contribution in [0.1, 0.15) is 24.1 Å². The van der Waals surface area contributed by atoms with Gasteiger partial charge in [-0.2, -0.15) is 0 Å². The Balaban J connectivity index is 2.00. The molecule has 4 heteroatoms. The van der Waals surface area contributed by atoms with Crippen LogP contribution < -0.4 is 4.74 Å². The van der Waals surface area contributed by atoms with Crippen LogP contribution in [0.3, 0.4) is 0 Å². The van der Waals surface area contributed by atoms with E-state index in [1.54, 1.807) is 0 Å². The maximum absolute atomic E-state index is 5.93. The van der Waals surface area contributed by atoms with Gasteiger partial charge in [0.2, 0.25) is 5.88 Å². The minimum Gasteiger partial charge on any atom is -0.474 e. The zero-order chi connectivity index (χ0) is 12.3. The van der Waals surface area contributed by atoms with Crippen molar-refractivity contribution in [3.05, 3.63) is 23.4 Å². The van der Waals surface area contributed by atoms with E-state index in [9.17, 15) is 0 Å². The lowest BCUT2D eigenvalue weighted by atomic mass is 10.1. The van der Waals surface area contributed by atoms with E-state index in [0.717, 1.165) is 43.1 Å². The predicted octanol–water partition coefficient (Wildman–Crippen LogP) is 2.60. The molecule has 3 nitrogen and oxygen atoms in total. The fourth-order valence-electron chi connectivity index (χ4n) is 2.12. The van der Waals surface area contributed by atoms with Gasteiger partial charge in [-0.1, -0.05) is 0 Å². The SMILES string of the molecule is Cc1cc(CCl)cc(OC2CCN(C)CC2)n1.